The van der Waals surface area contributed by atoms with Gasteiger partial charge in [-0.2, -0.15) is 0 Å². The molecule has 5 heteroatoms. The number of hydrogen-bond acceptors (Lipinski definition) is 3. The molecule has 0 saturated carbocycles. The van der Waals surface area contributed by atoms with Crippen LogP contribution in [0.2, 0.25) is 0 Å². The summed E-state index contributed by atoms with van der Waals surface area (Å²) in [6.45, 7) is 1.42. The van der Waals surface area contributed by atoms with E-state index in [-0.39, 0.29) is 18.1 Å². The monoisotopic (exact) mass is 261 g/mol. The van der Waals surface area contributed by atoms with E-state index < -0.39 is 11.9 Å². The minimum absolute atomic E-state index is 0.113. The molecule has 1 aliphatic rings. The van der Waals surface area contributed by atoms with Crippen molar-refractivity contribution in [3.8, 4) is 0 Å². The van der Waals surface area contributed by atoms with Gasteiger partial charge in [0.1, 0.15) is 0 Å². The molecule has 0 spiro atoms. The van der Waals surface area contributed by atoms with Crippen molar-refractivity contribution in [2.75, 3.05) is 5.32 Å². The summed E-state index contributed by atoms with van der Waals surface area (Å²) in [4.78, 5) is 33.8. The number of aryl methyl sites for hydroxylation is 1. The second-order valence-electron chi connectivity index (χ2n) is 4.75. The Kier molecular flexibility index (Phi) is 3.64. The number of fused-ring (bicyclic) bond motifs is 1. The van der Waals surface area contributed by atoms with Gasteiger partial charge in [0.15, 0.2) is 5.78 Å². The van der Waals surface area contributed by atoms with Crippen LogP contribution in [0.5, 0.6) is 0 Å². The zero-order chi connectivity index (χ0) is 14.0. The average molecular weight is 261 g/mol. The molecule has 0 heterocycles. The Bertz CT molecular complexity index is 550. The molecule has 1 unspecified atom stereocenters. The molecule has 0 saturated heterocycles. The largest absolute Gasteiger partial charge is 0.481 e. The fourth-order valence-corrected chi connectivity index (χ4v) is 2.41. The molecule has 1 aromatic rings. The van der Waals surface area contributed by atoms with E-state index in [2.05, 4.69) is 5.32 Å². The van der Waals surface area contributed by atoms with Gasteiger partial charge in [-0.3, -0.25) is 14.4 Å². The first-order chi connectivity index (χ1) is 8.97. The first-order valence-corrected chi connectivity index (χ1v) is 6.14. The number of amides is 1. The molecule has 19 heavy (non-hydrogen) atoms. The summed E-state index contributed by atoms with van der Waals surface area (Å²) < 4.78 is 0. The number of ketones is 1. The lowest BCUT2D eigenvalue weighted by Crippen LogP contribution is -2.25. The normalized spacial score (nSPS) is 17.7. The van der Waals surface area contributed by atoms with Crippen molar-refractivity contribution >= 4 is 23.3 Å². The number of rotatable bonds is 3. The van der Waals surface area contributed by atoms with Gasteiger partial charge in [0.05, 0.1) is 6.42 Å². The minimum atomic E-state index is -0.948. The molecule has 100 valence electrons. The van der Waals surface area contributed by atoms with Crippen LogP contribution < -0.4 is 5.32 Å². The molecule has 0 aliphatic heterocycles. The van der Waals surface area contributed by atoms with Gasteiger partial charge < -0.3 is 10.4 Å². The Hall–Kier alpha value is -2.17. The Balaban J connectivity index is 2.23. The quantitative estimate of drug-likeness (QED) is 0.870. The SMILES string of the molecule is CC(=O)Nc1ccc2c(c1)CCC(CC(=O)O)C2=O. The van der Waals surface area contributed by atoms with E-state index >= 15 is 0 Å². The number of anilines is 1. The molecule has 1 atom stereocenters. The molecular formula is C14H15NO4. The third kappa shape index (κ3) is 2.99. The van der Waals surface area contributed by atoms with E-state index in [1.165, 1.54) is 6.92 Å². The van der Waals surface area contributed by atoms with Crippen molar-refractivity contribution in [3.05, 3.63) is 29.3 Å². The van der Waals surface area contributed by atoms with Crippen molar-refractivity contribution < 1.29 is 19.5 Å². The number of carbonyl (C=O) groups excluding carboxylic acids is 2. The van der Waals surface area contributed by atoms with Crippen LogP contribution in [-0.4, -0.2) is 22.8 Å². The second kappa shape index (κ2) is 5.22. The van der Waals surface area contributed by atoms with Gasteiger partial charge in [-0.25, -0.2) is 0 Å². The van der Waals surface area contributed by atoms with Crippen molar-refractivity contribution in [1.29, 1.82) is 0 Å². The van der Waals surface area contributed by atoms with E-state index in [9.17, 15) is 14.4 Å². The van der Waals surface area contributed by atoms with E-state index in [4.69, 9.17) is 5.11 Å². The van der Waals surface area contributed by atoms with Gasteiger partial charge in [0.25, 0.3) is 0 Å². The molecule has 1 aliphatic carbocycles. The van der Waals surface area contributed by atoms with Crippen molar-refractivity contribution in [2.45, 2.75) is 26.2 Å². The Morgan fingerprint density at radius 1 is 1.42 bits per heavy atom. The zero-order valence-electron chi connectivity index (χ0n) is 10.6. The number of Topliss-reactive ketones (excluding diaryl/α,β-unsaturated/α-hetero) is 1. The molecular weight excluding hydrogens is 246 g/mol. The van der Waals surface area contributed by atoms with Gasteiger partial charge in [-0.05, 0) is 36.6 Å². The Morgan fingerprint density at radius 3 is 2.79 bits per heavy atom. The smallest absolute Gasteiger partial charge is 0.304 e. The molecule has 0 radical (unpaired) electrons. The van der Waals surface area contributed by atoms with Crippen LogP contribution >= 0.6 is 0 Å². The van der Waals surface area contributed by atoms with Crippen molar-refractivity contribution in [2.24, 2.45) is 5.92 Å². The first kappa shape index (κ1) is 13.3. The number of carboxylic acids is 1. The highest BCUT2D eigenvalue weighted by Crippen LogP contribution is 2.29. The standard InChI is InChI=1S/C14H15NO4/c1-8(16)15-11-4-5-12-9(6-11)2-3-10(14(12)19)7-13(17)18/h4-6,10H,2-3,7H2,1H3,(H,15,16)(H,17,18). The third-order valence-corrected chi connectivity index (χ3v) is 3.25. The van der Waals surface area contributed by atoms with Gasteiger partial charge in [0, 0.05) is 24.1 Å². The Morgan fingerprint density at radius 2 is 2.16 bits per heavy atom. The van der Waals surface area contributed by atoms with Crippen LogP contribution in [0.3, 0.4) is 0 Å². The molecule has 0 aromatic heterocycles. The molecule has 1 amide bonds. The lowest BCUT2D eigenvalue weighted by atomic mass is 9.81. The predicted octanol–water partition coefficient (Wildman–Crippen LogP) is 1.86. The summed E-state index contributed by atoms with van der Waals surface area (Å²) in [6.07, 6.45) is 1.08. The van der Waals surface area contributed by atoms with Crippen molar-refractivity contribution in [3.63, 3.8) is 0 Å². The lowest BCUT2D eigenvalue weighted by molar-refractivity contribution is -0.137. The maximum absolute atomic E-state index is 12.1. The number of carbonyl (C=O) groups is 3. The van der Waals surface area contributed by atoms with E-state index in [0.717, 1.165) is 5.56 Å². The summed E-state index contributed by atoms with van der Waals surface area (Å²) in [5.41, 5.74) is 2.11. The summed E-state index contributed by atoms with van der Waals surface area (Å²) in [5, 5.41) is 11.4. The highest BCUT2D eigenvalue weighted by molar-refractivity contribution is 6.02. The lowest BCUT2D eigenvalue weighted by Gasteiger charge is -2.22. The molecule has 2 rings (SSSR count). The van der Waals surface area contributed by atoms with Gasteiger partial charge in [-0.1, -0.05) is 0 Å². The molecule has 0 fully saturated rings. The van der Waals surface area contributed by atoms with Crippen LogP contribution in [-0.2, 0) is 16.0 Å². The topological polar surface area (TPSA) is 83.5 Å². The van der Waals surface area contributed by atoms with E-state index in [0.29, 0.717) is 24.1 Å². The van der Waals surface area contributed by atoms with Crippen LogP contribution in [0.15, 0.2) is 18.2 Å². The van der Waals surface area contributed by atoms with Crippen molar-refractivity contribution in [1.82, 2.24) is 0 Å². The van der Waals surface area contributed by atoms with Crippen LogP contribution in [0.1, 0.15) is 35.7 Å². The van der Waals surface area contributed by atoms with E-state index in [1.807, 2.05) is 0 Å². The molecule has 5 nitrogen and oxygen atoms in total. The third-order valence-electron chi connectivity index (χ3n) is 3.25. The average Bonchev–Trinajstić information content (AvgIpc) is 2.31. The number of benzene rings is 1. The van der Waals surface area contributed by atoms with Gasteiger partial charge in [-0.15, -0.1) is 0 Å². The zero-order valence-corrected chi connectivity index (χ0v) is 10.6. The summed E-state index contributed by atoms with van der Waals surface area (Å²) in [6, 6.07) is 5.11. The highest BCUT2D eigenvalue weighted by Gasteiger charge is 2.29. The summed E-state index contributed by atoms with van der Waals surface area (Å²) >= 11 is 0. The fraction of sp³-hybridized carbons (Fsp3) is 0.357. The Labute approximate surface area is 110 Å². The highest BCUT2D eigenvalue weighted by atomic mass is 16.4. The van der Waals surface area contributed by atoms with Crippen LogP contribution in [0, 0.1) is 5.92 Å². The van der Waals surface area contributed by atoms with E-state index in [1.54, 1.807) is 18.2 Å². The van der Waals surface area contributed by atoms with Crippen LogP contribution in [0.25, 0.3) is 0 Å². The van der Waals surface area contributed by atoms with Gasteiger partial charge in [0.2, 0.25) is 5.91 Å². The van der Waals surface area contributed by atoms with Crippen LogP contribution in [0.4, 0.5) is 5.69 Å². The summed E-state index contributed by atoms with van der Waals surface area (Å²) in [7, 11) is 0. The molecule has 0 bridgehead atoms. The minimum Gasteiger partial charge on any atom is -0.481 e. The predicted molar refractivity (Wildman–Crippen MR) is 69.1 cm³/mol. The number of carboxylic acid groups (broad SMARTS) is 1. The molecule has 2 N–H and O–H groups in total. The first-order valence-electron chi connectivity index (χ1n) is 6.14. The maximum Gasteiger partial charge on any atom is 0.304 e. The fourth-order valence-electron chi connectivity index (χ4n) is 2.41. The summed E-state index contributed by atoms with van der Waals surface area (Å²) in [5.74, 6) is -1.66. The number of aliphatic carboxylic acids is 1. The van der Waals surface area contributed by atoms with Gasteiger partial charge >= 0.3 is 5.97 Å². The second-order valence-corrected chi connectivity index (χ2v) is 4.75. The number of nitrogens with one attached hydrogen (secondary N) is 1. The maximum atomic E-state index is 12.1. The molecule has 1 aromatic carbocycles. The number of hydrogen-bond donors (Lipinski definition) is 2.